The molecule has 0 radical (unpaired) electrons. The highest BCUT2D eigenvalue weighted by atomic mass is 32.1. The lowest BCUT2D eigenvalue weighted by Crippen LogP contribution is -2.17. The second-order valence-corrected chi connectivity index (χ2v) is 3.91. The molecular weight excluding hydrogens is 243 g/mol. The van der Waals surface area contributed by atoms with Gasteiger partial charge in [0, 0.05) is 11.6 Å². The van der Waals surface area contributed by atoms with E-state index in [2.05, 4.69) is 15.7 Å². The van der Waals surface area contributed by atoms with Crippen LogP contribution in [0.5, 0.6) is 0 Å². The molecule has 7 heteroatoms. The number of pyridine rings is 1. The first kappa shape index (κ1) is 11.5. The molecule has 2 aromatic heterocycles. The van der Waals surface area contributed by atoms with E-state index in [9.17, 15) is 9.18 Å². The first-order valence-corrected chi connectivity index (χ1v) is 5.61. The normalized spacial score (nSPS) is 10.0. The molecular formula is C10H9FN4OS. The maximum absolute atomic E-state index is 13.7. The van der Waals surface area contributed by atoms with Crippen LogP contribution in [0, 0.1) is 5.82 Å². The molecule has 5 nitrogen and oxygen atoms in total. The van der Waals surface area contributed by atoms with Gasteiger partial charge in [-0.15, -0.1) is 0 Å². The maximum atomic E-state index is 13.7. The Bertz CT molecular complexity index is 529. The van der Waals surface area contributed by atoms with Crippen LogP contribution in [-0.4, -0.2) is 10.9 Å². The maximum Gasteiger partial charge on any atom is 0.258 e. The lowest BCUT2D eigenvalue weighted by molar-refractivity contribution is 0.102. The molecule has 0 saturated heterocycles. The fraction of sp³-hybridized carbons (Fsp3) is 0. The zero-order chi connectivity index (χ0) is 12.3. The predicted octanol–water partition coefficient (Wildman–Crippen LogP) is 1.82. The third kappa shape index (κ3) is 2.40. The zero-order valence-electron chi connectivity index (χ0n) is 8.61. The van der Waals surface area contributed by atoms with Crippen LogP contribution < -0.4 is 16.6 Å². The van der Waals surface area contributed by atoms with E-state index in [-0.39, 0.29) is 11.4 Å². The number of hydrazine groups is 1. The number of nitrogens with two attached hydrogens (primary N) is 1. The fourth-order valence-electron chi connectivity index (χ4n) is 1.25. The molecule has 0 bridgehead atoms. The Morgan fingerprint density at radius 2 is 2.29 bits per heavy atom. The Kier molecular flexibility index (Phi) is 3.31. The molecule has 4 N–H and O–H groups in total. The van der Waals surface area contributed by atoms with Crippen molar-refractivity contribution in [1.29, 1.82) is 0 Å². The van der Waals surface area contributed by atoms with Crippen LogP contribution in [0.1, 0.15) is 10.4 Å². The lowest BCUT2D eigenvalue weighted by Gasteiger charge is -2.06. The molecule has 0 fully saturated rings. The number of anilines is 2. The van der Waals surface area contributed by atoms with Gasteiger partial charge in [0.05, 0.1) is 11.3 Å². The van der Waals surface area contributed by atoms with Crippen molar-refractivity contribution in [1.82, 2.24) is 4.98 Å². The summed E-state index contributed by atoms with van der Waals surface area (Å²) < 4.78 is 13.7. The van der Waals surface area contributed by atoms with Crippen LogP contribution in [-0.2, 0) is 0 Å². The summed E-state index contributed by atoms with van der Waals surface area (Å²) in [5, 5.41) is 6.13. The molecule has 0 aliphatic carbocycles. The van der Waals surface area contributed by atoms with Crippen LogP contribution in [0.15, 0.2) is 29.1 Å². The van der Waals surface area contributed by atoms with E-state index in [1.807, 2.05) is 5.38 Å². The van der Waals surface area contributed by atoms with Gasteiger partial charge < -0.3 is 10.7 Å². The van der Waals surface area contributed by atoms with E-state index in [4.69, 9.17) is 5.84 Å². The molecule has 0 saturated carbocycles. The van der Waals surface area contributed by atoms with Gasteiger partial charge in [0.1, 0.15) is 0 Å². The summed E-state index contributed by atoms with van der Waals surface area (Å²) in [6.07, 6.45) is 1.31. The van der Waals surface area contributed by atoms with Gasteiger partial charge in [-0.1, -0.05) is 0 Å². The van der Waals surface area contributed by atoms with E-state index in [1.165, 1.54) is 23.6 Å². The molecule has 0 aromatic carbocycles. The number of nitrogens with one attached hydrogen (secondary N) is 2. The van der Waals surface area contributed by atoms with Crippen LogP contribution >= 0.6 is 11.3 Å². The number of aromatic nitrogens is 1. The van der Waals surface area contributed by atoms with E-state index >= 15 is 0 Å². The van der Waals surface area contributed by atoms with Gasteiger partial charge in [0.25, 0.3) is 5.91 Å². The van der Waals surface area contributed by atoms with Crippen molar-refractivity contribution >= 4 is 28.7 Å². The number of halogens is 1. The van der Waals surface area contributed by atoms with Crippen molar-refractivity contribution in [2.24, 2.45) is 5.84 Å². The number of amides is 1. The minimum Gasteiger partial charge on any atom is -0.321 e. The minimum atomic E-state index is -0.775. The number of nitrogen functional groups attached to an aromatic ring is 1. The van der Waals surface area contributed by atoms with E-state index < -0.39 is 11.7 Å². The number of carbonyl (C=O) groups is 1. The molecule has 88 valence electrons. The van der Waals surface area contributed by atoms with Crippen molar-refractivity contribution in [2.75, 3.05) is 10.7 Å². The number of nitrogens with zero attached hydrogens (tertiary/aromatic N) is 1. The van der Waals surface area contributed by atoms with Crippen molar-refractivity contribution in [3.63, 3.8) is 0 Å². The molecule has 17 heavy (non-hydrogen) atoms. The lowest BCUT2D eigenvalue weighted by atomic mass is 10.2. The fourth-order valence-corrected chi connectivity index (χ4v) is 1.84. The highest BCUT2D eigenvalue weighted by Crippen LogP contribution is 2.17. The average Bonchev–Trinajstić information content (AvgIpc) is 2.82. The second-order valence-electron chi connectivity index (χ2n) is 3.13. The topological polar surface area (TPSA) is 80.0 Å². The second kappa shape index (κ2) is 4.89. The highest BCUT2D eigenvalue weighted by Gasteiger charge is 2.15. The summed E-state index contributed by atoms with van der Waals surface area (Å²) >= 11 is 1.44. The largest absolute Gasteiger partial charge is 0.321 e. The van der Waals surface area contributed by atoms with Crippen LogP contribution in [0.2, 0.25) is 0 Å². The third-order valence-electron chi connectivity index (χ3n) is 2.05. The van der Waals surface area contributed by atoms with E-state index in [0.717, 1.165) is 0 Å². The van der Waals surface area contributed by atoms with Crippen LogP contribution in [0.25, 0.3) is 0 Å². The van der Waals surface area contributed by atoms with E-state index in [0.29, 0.717) is 5.69 Å². The number of carbonyl (C=O) groups excluding carboxylic acids is 1. The van der Waals surface area contributed by atoms with Gasteiger partial charge in [-0.3, -0.25) is 4.79 Å². The molecule has 2 rings (SSSR count). The molecule has 0 aliphatic rings. The number of hydrogen-bond donors (Lipinski definition) is 3. The van der Waals surface area contributed by atoms with Gasteiger partial charge in [-0.25, -0.2) is 15.2 Å². The Labute approximate surface area is 100 Å². The van der Waals surface area contributed by atoms with Crippen molar-refractivity contribution in [3.8, 4) is 0 Å². The summed E-state index contributed by atoms with van der Waals surface area (Å²) in [5.41, 5.74) is 2.60. The van der Waals surface area contributed by atoms with Gasteiger partial charge in [-0.05, 0) is 17.5 Å². The average molecular weight is 252 g/mol. The monoisotopic (exact) mass is 252 g/mol. The molecule has 2 heterocycles. The summed E-state index contributed by atoms with van der Waals surface area (Å²) in [6, 6.07) is 3.02. The smallest absolute Gasteiger partial charge is 0.258 e. The van der Waals surface area contributed by atoms with Gasteiger partial charge >= 0.3 is 0 Å². The minimum absolute atomic E-state index is 0.112. The molecule has 0 aliphatic heterocycles. The Balaban J connectivity index is 2.25. The SMILES string of the molecule is NNc1nccc(C(=O)Nc2ccsc2)c1F. The zero-order valence-corrected chi connectivity index (χ0v) is 9.42. The van der Waals surface area contributed by atoms with Gasteiger partial charge in [0.2, 0.25) is 0 Å². The highest BCUT2D eigenvalue weighted by molar-refractivity contribution is 7.08. The van der Waals surface area contributed by atoms with Crippen molar-refractivity contribution in [2.45, 2.75) is 0 Å². The summed E-state index contributed by atoms with van der Waals surface area (Å²) in [4.78, 5) is 15.4. The first-order valence-electron chi connectivity index (χ1n) is 4.67. The molecule has 0 atom stereocenters. The predicted molar refractivity (Wildman–Crippen MR) is 64.3 cm³/mol. The van der Waals surface area contributed by atoms with Crippen LogP contribution in [0.4, 0.5) is 15.9 Å². The van der Waals surface area contributed by atoms with Crippen molar-refractivity contribution in [3.05, 3.63) is 40.5 Å². The summed E-state index contributed by atoms with van der Waals surface area (Å²) in [6.45, 7) is 0. The first-order chi connectivity index (χ1) is 8.22. The third-order valence-corrected chi connectivity index (χ3v) is 2.73. The Morgan fingerprint density at radius 1 is 1.47 bits per heavy atom. The summed E-state index contributed by atoms with van der Waals surface area (Å²) in [7, 11) is 0. The Hall–Kier alpha value is -1.99. The molecule has 2 aromatic rings. The van der Waals surface area contributed by atoms with Gasteiger partial charge in [-0.2, -0.15) is 11.3 Å². The van der Waals surface area contributed by atoms with Crippen LogP contribution in [0.3, 0.4) is 0 Å². The number of rotatable bonds is 3. The standard InChI is InChI=1S/C10H9FN4OS/c11-8-7(1-3-13-9(8)15-12)10(16)14-6-2-4-17-5-6/h1-5H,12H2,(H,13,15)(H,14,16). The molecule has 1 amide bonds. The van der Waals surface area contributed by atoms with Crippen molar-refractivity contribution < 1.29 is 9.18 Å². The quantitative estimate of drug-likeness (QED) is 0.575. The Morgan fingerprint density at radius 3 is 2.94 bits per heavy atom. The molecule has 0 spiro atoms. The van der Waals surface area contributed by atoms with E-state index in [1.54, 1.807) is 11.4 Å². The molecule has 0 unspecified atom stereocenters. The van der Waals surface area contributed by atoms with Gasteiger partial charge in [0.15, 0.2) is 11.6 Å². The summed E-state index contributed by atoms with van der Waals surface area (Å²) in [5.74, 6) is 3.59. The number of thiophene rings is 1. The number of hydrogen-bond acceptors (Lipinski definition) is 5.